The molecule has 2 heterocycles. The molecule has 2 amide bonds. The summed E-state index contributed by atoms with van der Waals surface area (Å²) in [6, 6.07) is 6.72. The molecule has 2 atom stereocenters. The summed E-state index contributed by atoms with van der Waals surface area (Å²) in [5.74, 6) is -2.67. The number of nitrogens with one attached hydrogen (secondary N) is 1. The first kappa shape index (κ1) is 16.6. The van der Waals surface area contributed by atoms with Crippen molar-refractivity contribution in [2.75, 3.05) is 19.7 Å². The van der Waals surface area contributed by atoms with Crippen LogP contribution in [0.4, 0.5) is 18.0 Å². The second-order valence-electron chi connectivity index (χ2n) is 5.91. The van der Waals surface area contributed by atoms with Crippen LogP contribution in [0, 0.1) is 11.8 Å². The molecular formula is C16H17F3N2O3. The van der Waals surface area contributed by atoms with Crippen LogP contribution in [0.1, 0.15) is 5.56 Å². The monoisotopic (exact) mass is 342 g/mol. The van der Waals surface area contributed by atoms with Crippen molar-refractivity contribution in [2.45, 2.75) is 12.7 Å². The van der Waals surface area contributed by atoms with Crippen molar-refractivity contribution < 1.29 is 27.5 Å². The third-order valence-electron chi connectivity index (χ3n) is 4.37. The lowest BCUT2D eigenvalue weighted by Crippen LogP contribution is -2.39. The molecule has 0 radical (unpaired) electrons. The van der Waals surface area contributed by atoms with Gasteiger partial charge in [-0.3, -0.25) is 0 Å². The molecule has 0 spiro atoms. The average molecular weight is 342 g/mol. The molecule has 1 aromatic heterocycles. The van der Waals surface area contributed by atoms with Crippen molar-refractivity contribution in [3.05, 3.63) is 36.1 Å². The third-order valence-corrected chi connectivity index (χ3v) is 4.37. The van der Waals surface area contributed by atoms with E-state index in [1.807, 2.05) is 18.2 Å². The predicted molar refractivity (Wildman–Crippen MR) is 80.1 cm³/mol. The topological polar surface area (TPSA) is 65.7 Å². The molecule has 2 aromatic rings. The number of halogens is 3. The van der Waals surface area contributed by atoms with Gasteiger partial charge in [-0.25, -0.2) is 4.79 Å². The number of aliphatic hydroxyl groups excluding tert-OH is 1. The van der Waals surface area contributed by atoms with Crippen LogP contribution in [0.3, 0.4) is 0 Å². The molecule has 0 saturated carbocycles. The number of alkyl halides is 3. The normalized spacial score (nSPS) is 21.4. The second-order valence-corrected chi connectivity index (χ2v) is 5.91. The molecule has 2 N–H and O–H groups in total. The molecule has 3 rings (SSSR count). The number of aliphatic hydroxyl groups is 1. The molecule has 0 bridgehead atoms. The third kappa shape index (κ3) is 3.19. The standard InChI is InChI=1S/C16H17F3N2O3/c17-16(18,19)13-7-21(6-11(13)8-22)15(23)20-5-10-9-24-14-4-2-1-3-12(10)14/h1-4,9,11,13,22H,5-8H2,(H,20,23)/t11-,13+/m0/s1. The molecule has 1 saturated heterocycles. The van der Waals surface area contributed by atoms with Gasteiger partial charge in [0.25, 0.3) is 0 Å². The van der Waals surface area contributed by atoms with E-state index in [1.165, 1.54) is 6.26 Å². The van der Waals surface area contributed by atoms with Crippen molar-refractivity contribution in [1.29, 1.82) is 0 Å². The number of fused-ring (bicyclic) bond motifs is 1. The van der Waals surface area contributed by atoms with Gasteiger partial charge in [0, 0.05) is 43.1 Å². The summed E-state index contributed by atoms with van der Waals surface area (Å²) < 4.78 is 44.2. The number of amides is 2. The Hall–Kier alpha value is -2.22. The van der Waals surface area contributed by atoms with Crippen LogP contribution in [0.25, 0.3) is 11.0 Å². The molecule has 8 heteroatoms. The zero-order chi connectivity index (χ0) is 17.3. The zero-order valence-corrected chi connectivity index (χ0v) is 12.7. The van der Waals surface area contributed by atoms with E-state index < -0.39 is 37.2 Å². The van der Waals surface area contributed by atoms with Crippen molar-refractivity contribution in [1.82, 2.24) is 10.2 Å². The van der Waals surface area contributed by atoms with Crippen LogP contribution in [-0.4, -0.2) is 41.9 Å². The minimum Gasteiger partial charge on any atom is -0.464 e. The van der Waals surface area contributed by atoms with E-state index in [1.54, 1.807) is 6.07 Å². The first-order valence-electron chi connectivity index (χ1n) is 7.55. The van der Waals surface area contributed by atoms with Gasteiger partial charge in [0.15, 0.2) is 0 Å². The van der Waals surface area contributed by atoms with Gasteiger partial charge in [0.05, 0.1) is 12.2 Å². The Kier molecular flexibility index (Phi) is 4.40. The maximum absolute atomic E-state index is 12.9. The van der Waals surface area contributed by atoms with Crippen molar-refractivity contribution in [2.24, 2.45) is 11.8 Å². The maximum Gasteiger partial charge on any atom is 0.393 e. The number of nitrogens with zero attached hydrogens (tertiary/aromatic N) is 1. The van der Waals surface area contributed by atoms with Crippen LogP contribution in [-0.2, 0) is 6.54 Å². The number of hydrogen-bond acceptors (Lipinski definition) is 3. The number of likely N-dealkylation sites (tertiary alicyclic amines) is 1. The Labute approximate surface area is 136 Å². The molecule has 130 valence electrons. The Morgan fingerprint density at radius 1 is 1.33 bits per heavy atom. The molecule has 0 aliphatic carbocycles. The van der Waals surface area contributed by atoms with Gasteiger partial charge in [-0.1, -0.05) is 18.2 Å². The highest BCUT2D eigenvalue weighted by molar-refractivity contribution is 5.81. The molecule has 0 unspecified atom stereocenters. The molecular weight excluding hydrogens is 325 g/mol. The SMILES string of the molecule is O=C(NCc1coc2ccccc12)N1C[C@@H](CO)[C@H](C(F)(F)F)C1. The van der Waals surface area contributed by atoms with Gasteiger partial charge >= 0.3 is 12.2 Å². The average Bonchev–Trinajstić information content (AvgIpc) is 3.16. The lowest BCUT2D eigenvalue weighted by atomic mass is 9.97. The maximum atomic E-state index is 12.9. The van der Waals surface area contributed by atoms with Crippen LogP contribution >= 0.6 is 0 Å². The van der Waals surface area contributed by atoms with Crippen LogP contribution in [0.2, 0.25) is 0 Å². The van der Waals surface area contributed by atoms with E-state index in [0.717, 1.165) is 15.8 Å². The summed E-state index contributed by atoms with van der Waals surface area (Å²) in [7, 11) is 0. The molecule has 1 aliphatic rings. The quantitative estimate of drug-likeness (QED) is 0.901. The summed E-state index contributed by atoms with van der Waals surface area (Å²) in [6.07, 6.45) is -2.91. The Morgan fingerprint density at radius 3 is 2.75 bits per heavy atom. The highest BCUT2D eigenvalue weighted by Gasteiger charge is 2.50. The highest BCUT2D eigenvalue weighted by Crippen LogP contribution is 2.37. The van der Waals surface area contributed by atoms with Gasteiger partial charge in [0.2, 0.25) is 0 Å². The lowest BCUT2D eigenvalue weighted by molar-refractivity contribution is -0.182. The first-order valence-corrected chi connectivity index (χ1v) is 7.55. The fourth-order valence-electron chi connectivity index (χ4n) is 3.05. The summed E-state index contributed by atoms with van der Waals surface area (Å²) in [6.45, 7) is -0.988. The van der Waals surface area contributed by atoms with Crippen molar-refractivity contribution in [3.8, 4) is 0 Å². The smallest absolute Gasteiger partial charge is 0.393 e. The Balaban J connectivity index is 1.63. The number of para-hydroxylation sites is 1. The van der Waals surface area contributed by atoms with Gasteiger partial charge < -0.3 is 19.7 Å². The van der Waals surface area contributed by atoms with E-state index in [4.69, 9.17) is 9.52 Å². The molecule has 5 nitrogen and oxygen atoms in total. The van der Waals surface area contributed by atoms with E-state index in [2.05, 4.69) is 5.32 Å². The van der Waals surface area contributed by atoms with Crippen LogP contribution in [0.5, 0.6) is 0 Å². The minimum absolute atomic E-state index is 0.112. The summed E-state index contributed by atoms with van der Waals surface area (Å²) in [5, 5.41) is 12.6. The highest BCUT2D eigenvalue weighted by atomic mass is 19.4. The number of carbonyl (C=O) groups is 1. The molecule has 1 aromatic carbocycles. The van der Waals surface area contributed by atoms with E-state index in [-0.39, 0.29) is 13.1 Å². The minimum atomic E-state index is -4.43. The Bertz CT molecular complexity index is 729. The lowest BCUT2D eigenvalue weighted by Gasteiger charge is -2.19. The number of carbonyl (C=O) groups excluding carboxylic acids is 1. The van der Waals surface area contributed by atoms with E-state index >= 15 is 0 Å². The summed E-state index contributed by atoms with van der Waals surface area (Å²) in [5.41, 5.74) is 1.43. The Morgan fingerprint density at radius 2 is 2.08 bits per heavy atom. The first-order chi connectivity index (χ1) is 11.4. The van der Waals surface area contributed by atoms with Gasteiger partial charge in [-0.2, -0.15) is 13.2 Å². The van der Waals surface area contributed by atoms with Gasteiger partial charge in [0.1, 0.15) is 5.58 Å². The largest absolute Gasteiger partial charge is 0.464 e. The van der Waals surface area contributed by atoms with Crippen LogP contribution in [0.15, 0.2) is 34.9 Å². The number of hydrogen-bond donors (Lipinski definition) is 2. The summed E-state index contributed by atoms with van der Waals surface area (Å²) in [4.78, 5) is 13.2. The van der Waals surface area contributed by atoms with Crippen molar-refractivity contribution in [3.63, 3.8) is 0 Å². The second kappa shape index (κ2) is 6.35. The van der Waals surface area contributed by atoms with E-state index in [0.29, 0.717) is 5.58 Å². The number of furan rings is 1. The number of benzene rings is 1. The molecule has 24 heavy (non-hydrogen) atoms. The molecule has 1 aliphatic heterocycles. The van der Waals surface area contributed by atoms with Gasteiger partial charge in [-0.05, 0) is 6.07 Å². The molecule has 1 fully saturated rings. The fourth-order valence-corrected chi connectivity index (χ4v) is 3.05. The number of rotatable bonds is 3. The zero-order valence-electron chi connectivity index (χ0n) is 12.7. The van der Waals surface area contributed by atoms with Crippen molar-refractivity contribution >= 4 is 17.0 Å². The van der Waals surface area contributed by atoms with E-state index in [9.17, 15) is 18.0 Å². The number of urea groups is 1. The summed E-state index contributed by atoms with van der Waals surface area (Å²) >= 11 is 0. The fraction of sp³-hybridized carbons (Fsp3) is 0.438. The predicted octanol–water partition coefficient (Wildman–Crippen LogP) is 2.75. The van der Waals surface area contributed by atoms with Crippen LogP contribution < -0.4 is 5.32 Å². The van der Waals surface area contributed by atoms with Gasteiger partial charge in [-0.15, -0.1) is 0 Å².